The van der Waals surface area contributed by atoms with Crippen LogP contribution in [0.1, 0.15) is 35.6 Å². The van der Waals surface area contributed by atoms with E-state index >= 15 is 0 Å². The van der Waals surface area contributed by atoms with E-state index in [9.17, 15) is 10.2 Å². The van der Waals surface area contributed by atoms with Gasteiger partial charge in [-0.25, -0.2) is 0 Å². The van der Waals surface area contributed by atoms with E-state index in [0.29, 0.717) is 19.4 Å². The standard InChI is InChI=1S/C21H27NO3/c1-16-3-5-17(6-4-16)20(23)15-22-13-11-21(24,12-14-22)18-7-9-19(25-2)10-8-18/h3-10,20,23-24H,11-15H2,1-2H3/t20-/m1/s1. The largest absolute Gasteiger partial charge is 0.497 e. The lowest BCUT2D eigenvalue weighted by Crippen LogP contribution is -2.43. The Balaban J connectivity index is 1.58. The van der Waals surface area contributed by atoms with Crippen molar-refractivity contribution < 1.29 is 14.9 Å². The first-order chi connectivity index (χ1) is 12.0. The summed E-state index contributed by atoms with van der Waals surface area (Å²) in [6.07, 6.45) is 0.840. The van der Waals surface area contributed by atoms with Gasteiger partial charge in [0.15, 0.2) is 0 Å². The molecule has 0 amide bonds. The van der Waals surface area contributed by atoms with Crippen LogP contribution in [0.5, 0.6) is 5.75 Å². The van der Waals surface area contributed by atoms with Crippen LogP contribution in [0, 0.1) is 6.92 Å². The number of rotatable bonds is 5. The van der Waals surface area contributed by atoms with Gasteiger partial charge in [0.25, 0.3) is 0 Å². The van der Waals surface area contributed by atoms with Crippen LogP contribution in [0.15, 0.2) is 48.5 Å². The minimum atomic E-state index is -0.794. The number of aliphatic hydroxyl groups is 2. The molecule has 0 radical (unpaired) electrons. The normalized spacial score (nSPS) is 18.7. The van der Waals surface area contributed by atoms with Crippen molar-refractivity contribution in [2.75, 3.05) is 26.7 Å². The number of aryl methyl sites for hydroxylation is 1. The maximum atomic E-state index is 11.0. The summed E-state index contributed by atoms with van der Waals surface area (Å²) >= 11 is 0. The average Bonchev–Trinajstić information content (AvgIpc) is 2.64. The zero-order valence-corrected chi connectivity index (χ0v) is 15.0. The Hall–Kier alpha value is -1.88. The van der Waals surface area contributed by atoms with Crippen molar-refractivity contribution >= 4 is 0 Å². The molecule has 0 unspecified atom stereocenters. The summed E-state index contributed by atoms with van der Waals surface area (Å²) in [5, 5.41) is 21.4. The van der Waals surface area contributed by atoms with Gasteiger partial charge in [0.05, 0.1) is 18.8 Å². The molecule has 4 nitrogen and oxygen atoms in total. The van der Waals surface area contributed by atoms with E-state index in [2.05, 4.69) is 4.90 Å². The van der Waals surface area contributed by atoms with Crippen molar-refractivity contribution in [3.8, 4) is 5.75 Å². The lowest BCUT2D eigenvalue weighted by molar-refractivity contribution is -0.0345. The number of likely N-dealkylation sites (tertiary alicyclic amines) is 1. The molecule has 1 saturated heterocycles. The number of ether oxygens (including phenoxy) is 1. The minimum Gasteiger partial charge on any atom is -0.497 e. The van der Waals surface area contributed by atoms with Crippen molar-refractivity contribution in [3.63, 3.8) is 0 Å². The molecule has 1 heterocycles. The highest BCUT2D eigenvalue weighted by Gasteiger charge is 2.34. The fraction of sp³-hybridized carbons (Fsp3) is 0.429. The third kappa shape index (κ3) is 4.21. The van der Waals surface area contributed by atoms with E-state index in [1.807, 2.05) is 55.5 Å². The van der Waals surface area contributed by atoms with Crippen molar-refractivity contribution in [2.45, 2.75) is 31.5 Å². The van der Waals surface area contributed by atoms with E-state index in [1.165, 1.54) is 5.56 Å². The summed E-state index contributed by atoms with van der Waals surface area (Å²) in [6, 6.07) is 15.7. The van der Waals surface area contributed by atoms with Gasteiger partial charge in [-0.3, -0.25) is 0 Å². The molecule has 0 saturated carbocycles. The maximum absolute atomic E-state index is 11.0. The molecule has 0 aliphatic carbocycles. The second-order valence-electron chi connectivity index (χ2n) is 6.99. The highest BCUT2D eigenvalue weighted by molar-refractivity contribution is 5.31. The molecule has 1 aliphatic rings. The second-order valence-corrected chi connectivity index (χ2v) is 6.99. The predicted molar refractivity (Wildman–Crippen MR) is 98.7 cm³/mol. The van der Waals surface area contributed by atoms with Gasteiger partial charge in [0.2, 0.25) is 0 Å². The Morgan fingerprint density at radius 1 is 1.04 bits per heavy atom. The monoisotopic (exact) mass is 341 g/mol. The van der Waals surface area contributed by atoms with Gasteiger partial charge in [-0.1, -0.05) is 42.0 Å². The number of benzene rings is 2. The first kappa shape index (κ1) is 17.9. The summed E-state index contributed by atoms with van der Waals surface area (Å²) in [7, 11) is 1.64. The molecular weight excluding hydrogens is 314 g/mol. The zero-order valence-electron chi connectivity index (χ0n) is 15.0. The molecular formula is C21H27NO3. The third-order valence-corrected chi connectivity index (χ3v) is 5.20. The Bertz CT molecular complexity index is 673. The van der Waals surface area contributed by atoms with E-state index < -0.39 is 11.7 Å². The van der Waals surface area contributed by atoms with Gasteiger partial charge in [0, 0.05) is 19.6 Å². The molecule has 2 aromatic rings. The van der Waals surface area contributed by atoms with Gasteiger partial charge in [-0.05, 0) is 43.0 Å². The molecule has 1 aliphatic heterocycles. The number of nitrogens with zero attached hydrogens (tertiary/aromatic N) is 1. The minimum absolute atomic E-state index is 0.493. The number of hydrogen-bond donors (Lipinski definition) is 2. The molecule has 134 valence electrons. The lowest BCUT2D eigenvalue weighted by atomic mass is 9.84. The van der Waals surface area contributed by atoms with Crippen LogP contribution in [0.2, 0.25) is 0 Å². The summed E-state index contributed by atoms with van der Waals surface area (Å²) < 4.78 is 5.18. The van der Waals surface area contributed by atoms with E-state index in [1.54, 1.807) is 7.11 Å². The lowest BCUT2D eigenvalue weighted by Gasteiger charge is -2.39. The molecule has 3 rings (SSSR count). The fourth-order valence-electron chi connectivity index (χ4n) is 3.43. The number of hydrogen-bond acceptors (Lipinski definition) is 4. The zero-order chi connectivity index (χ0) is 17.9. The Kier molecular flexibility index (Phi) is 5.42. The molecule has 4 heteroatoms. The van der Waals surface area contributed by atoms with E-state index in [4.69, 9.17) is 4.74 Å². The van der Waals surface area contributed by atoms with Gasteiger partial charge >= 0.3 is 0 Å². The predicted octanol–water partition coefficient (Wildman–Crippen LogP) is 3.02. The molecule has 2 N–H and O–H groups in total. The van der Waals surface area contributed by atoms with Crippen LogP contribution in [0.4, 0.5) is 0 Å². The molecule has 0 spiro atoms. The maximum Gasteiger partial charge on any atom is 0.118 e. The number of β-amino-alcohol motifs (C(OH)–C–C–N with tert-alkyl or cyclic N) is 1. The Morgan fingerprint density at radius 2 is 1.64 bits per heavy atom. The van der Waals surface area contributed by atoms with Gasteiger partial charge in [-0.2, -0.15) is 0 Å². The third-order valence-electron chi connectivity index (χ3n) is 5.20. The van der Waals surface area contributed by atoms with Crippen molar-refractivity contribution in [3.05, 3.63) is 65.2 Å². The van der Waals surface area contributed by atoms with Gasteiger partial charge < -0.3 is 19.8 Å². The molecule has 0 bridgehead atoms. The number of piperidine rings is 1. The first-order valence-corrected chi connectivity index (χ1v) is 8.84. The molecule has 1 fully saturated rings. The summed E-state index contributed by atoms with van der Waals surface area (Å²) in [5.41, 5.74) is 2.28. The first-order valence-electron chi connectivity index (χ1n) is 8.84. The Morgan fingerprint density at radius 3 is 2.20 bits per heavy atom. The fourth-order valence-corrected chi connectivity index (χ4v) is 3.43. The smallest absolute Gasteiger partial charge is 0.118 e. The van der Waals surface area contributed by atoms with Crippen LogP contribution < -0.4 is 4.74 Å². The van der Waals surface area contributed by atoms with Crippen LogP contribution in [-0.2, 0) is 5.60 Å². The van der Waals surface area contributed by atoms with Crippen LogP contribution in [0.3, 0.4) is 0 Å². The second kappa shape index (κ2) is 7.56. The number of methoxy groups -OCH3 is 1. The SMILES string of the molecule is COc1ccc(C2(O)CCN(C[C@@H](O)c3ccc(C)cc3)CC2)cc1. The molecule has 1 atom stereocenters. The van der Waals surface area contributed by atoms with Crippen LogP contribution in [-0.4, -0.2) is 41.9 Å². The topological polar surface area (TPSA) is 52.9 Å². The van der Waals surface area contributed by atoms with E-state index in [0.717, 1.165) is 30.0 Å². The van der Waals surface area contributed by atoms with Gasteiger partial charge in [-0.15, -0.1) is 0 Å². The van der Waals surface area contributed by atoms with Crippen molar-refractivity contribution in [2.24, 2.45) is 0 Å². The quantitative estimate of drug-likeness (QED) is 0.878. The highest BCUT2D eigenvalue weighted by Crippen LogP contribution is 2.34. The number of aliphatic hydroxyl groups excluding tert-OH is 1. The van der Waals surface area contributed by atoms with E-state index in [-0.39, 0.29) is 0 Å². The summed E-state index contributed by atoms with van der Waals surface area (Å²) in [6.45, 7) is 4.18. The van der Waals surface area contributed by atoms with Gasteiger partial charge in [0.1, 0.15) is 5.75 Å². The highest BCUT2D eigenvalue weighted by atomic mass is 16.5. The molecule has 2 aromatic carbocycles. The summed E-state index contributed by atoms with van der Waals surface area (Å²) in [5.74, 6) is 0.797. The average molecular weight is 341 g/mol. The Labute approximate surface area is 149 Å². The summed E-state index contributed by atoms with van der Waals surface area (Å²) in [4.78, 5) is 2.22. The van der Waals surface area contributed by atoms with Crippen molar-refractivity contribution in [1.29, 1.82) is 0 Å². The van der Waals surface area contributed by atoms with Crippen molar-refractivity contribution in [1.82, 2.24) is 4.90 Å². The van der Waals surface area contributed by atoms with Crippen LogP contribution >= 0.6 is 0 Å². The molecule has 0 aromatic heterocycles. The molecule has 25 heavy (non-hydrogen) atoms. The van der Waals surface area contributed by atoms with Crippen LogP contribution in [0.25, 0.3) is 0 Å².